The molecule has 10 heteroatoms. The van der Waals surface area contributed by atoms with Crippen LogP contribution in [0.5, 0.6) is 0 Å². The molecule has 234 valence electrons. The molecule has 1 fully saturated rings. The summed E-state index contributed by atoms with van der Waals surface area (Å²) in [5.74, 6) is 0.730. The first-order chi connectivity index (χ1) is 19.8. The van der Waals surface area contributed by atoms with Crippen LogP contribution >= 0.6 is 11.3 Å². The van der Waals surface area contributed by atoms with E-state index >= 15 is 0 Å². The van der Waals surface area contributed by atoms with Gasteiger partial charge in [0, 0.05) is 32.5 Å². The van der Waals surface area contributed by atoms with Gasteiger partial charge in [0.2, 0.25) is 12.3 Å². The average Bonchev–Trinajstić information content (AvgIpc) is 3.40. The van der Waals surface area contributed by atoms with Crippen molar-refractivity contribution >= 4 is 40.7 Å². The van der Waals surface area contributed by atoms with Gasteiger partial charge in [-0.25, -0.2) is 4.98 Å². The molecule has 3 rings (SSSR count). The molecule has 1 aliphatic rings. The highest BCUT2D eigenvalue weighted by molar-refractivity contribution is 7.18. The molecule has 9 nitrogen and oxygen atoms in total. The molecule has 0 bridgehead atoms. The van der Waals surface area contributed by atoms with Crippen molar-refractivity contribution in [2.24, 2.45) is 11.7 Å². The summed E-state index contributed by atoms with van der Waals surface area (Å²) in [6, 6.07) is 6.69. The van der Waals surface area contributed by atoms with Crippen LogP contribution in [-0.2, 0) is 27.2 Å². The zero-order valence-corrected chi connectivity index (χ0v) is 27.4. The minimum Gasteiger partial charge on any atom is -0.362 e. The third kappa shape index (κ3) is 18.4. The molecule has 1 heterocycles. The molecule has 2 aromatic rings. The summed E-state index contributed by atoms with van der Waals surface area (Å²) in [5, 5.41) is 9.43. The van der Waals surface area contributed by atoms with E-state index in [9.17, 15) is 4.79 Å². The Morgan fingerprint density at radius 3 is 2.27 bits per heavy atom. The number of hydrogen-bond acceptors (Lipinski definition) is 8. The lowest BCUT2D eigenvalue weighted by Crippen LogP contribution is -2.42. The summed E-state index contributed by atoms with van der Waals surface area (Å²) in [6.07, 6.45) is 10.1. The Balaban J connectivity index is 0. The lowest BCUT2D eigenvalue weighted by Gasteiger charge is -2.32. The van der Waals surface area contributed by atoms with Gasteiger partial charge >= 0.3 is 0 Å². The first-order valence-corrected chi connectivity index (χ1v) is 15.1. The number of carbonyl (C=O) groups excluding carboxylic acids is 3. The van der Waals surface area contributed by atoms with Crippen molar-refractivity contribution in [1.82, 2.24) is 25.8 Å². The first kappa shape index (κ1) is 40.5. The van der Waals surface area contributed by atoms with Crippen LogP contribution in [0.15, 0.2) is 30.4 Å². The Labute approximate surface area is 252 Å². The number of nitrogens with two attached hydrogens (primary N) is 1. The minimum absolute atomic E-state index is 0.150. The van der Waals surface area contributed by atoms with Crippen molar-refractivity contribution in [1.29, 1.82) is 0 Å². The molecule has 2 amide bonds. The maximum Gasteiger partial charge on any atom is 0.220 e. The normalized spacial score (nSPS) is 13.0. The smallest absolute Gasteiger partial charge is 0.220 e. The zero-order chi connectivity index (χ0) is 31.6. The molecule has 0 saturated heterocycles. The van der Waals surface area contributed by atoms with E-state index in [4.69, 9.17) is 14.6 Å². The average molecular weight is 593 g/mol. The van der Waals surface area contributed by atoms with Crippen molar-refractivity contribution in [3.8, 4) is 0 Å². The summed E-state index contributed by atoms with van der Waals surface area (Å²) < 4.78 is 1.23. The van der Waals surface area contributed by atoms with Crippen molar-refractivity contribution in [2.75, 3.05) is 48.8 Å². The fourth-order valence-corrected chi connectivity index (χ4v) is 5.57. The zero-order valence-electron chi connectivity index (χ0n) is 26.6. The summed E-state index contributed by atoms with van der Waals surface area (Å²) in [4.78, 5) is 36.8. The number of amides is 2. The third-order valence-corrected chi connectivity index (χ3v) is 7.28. The predicted molar refractivity (Wildman–Crippen MR) is 175 cm³/mol. The topological polar surface area (TPSA) is 129 Å². The summed E-state index contributed by atoms with van der Waals surface area (Å²) in [7, 11) is 11.0. The van der Waals surface area contributed by atoms with Crippen LogP contribution in [-0.4, -0.2) is 83.9 Å². The molecule has 1 atom stereocenters. The van der Waals surface area contributed by atoms with E-state index in [1.165, 1.54) is 55.0 Å². The third-order valence-electron chi connectivity index (χ3n) is 6.20. The molecule has 1 aromatic heterocycles. The van der Waals surface area contributed by atoms with Gasteiger partial charge in [-0.05, 0) is 84.5 Å². The van der Waals surface area contributed by atoms with E-state index in [-0.39, 0.29) is 11.9 Å². The van der Waals surface area contributed by atoms with Crippen LogP contribution in [0.2, 0.25) is 0 Å². The number of benzene rings is 1. The number of aromatic nitrogens is 1. The van der Waals surface area contributed by atoms with Gasteiger partial charge in [0.15, 0.2) is 0 Å². The molecular weight excluding hydrogens is 536 g/mol. The highest BCUT2D eigenvalue weighted by atomic mass is 32.1. The molecular formula is C31H56N6O3S. The quantitative estimate of drug-likeness (QED) is 0.230. The molecule has 1 aromatic carbocycles. The van der Waals surface area contributed by atoms with Crippen molar-refractivity contribution in [2.45, 2.75) is 70.8 Å². The standard InChI is InChI=1S/C25H37N3OS.C2H5NO.C2H7N.CH5N.CH2O/c1-5-19-11-12-21-23(16-19)30-25(27-21)14-13-24(29)26-22(15-18(2)17-28(3)4)20-9-7-6-8-10-20;1-3-2-4;1-3-2;2*1-2/h11-12,16,20,22H,2,5-10,13-15,17H2,1,3-4H3,(H,26,29);2H,1H3,(H,3,4);3H,1-2H3;2H2,1H3;1H2. The van der Waals surface area contributed by atoms with Gasteiger partial charge < -0.3 is 31.4 Å². The number of rotatable bonds is 11. The SMILES string of the molecule is C=C(CC(NC(=O)CCc1nc2ccc(CC)cc2s1)C1CCCCC1)CN(C)C.C=O.CN.CNC.CNC=O. The van der Waals surface area contributed by atoms with Crippen molar-refractivity contribution in [3.05, 3.63) is 40.9 Å². The van der Waals surface area contributed by atoms with Gasteiger partial charge in [-0.2, -0.15) is 0 Å². The molecule has 0 spiro atoms. The van der Waals surface area contributed by atoms with Crippen LogP contribution in [0.3, 0.4) is 0 Å². The Morgan fingerprint density at radius 1 is 1.17 bits per heavy atom. The maximum absolute atomic E-state index is 12.8. The van der Waals surface area contributed by atoms with Gasteiger partial charge in [-0.1, -0.05) is 44.4 Å². The fourth-order valence-electron chi connectivity index (χ4n) is 4.54. The van der Waals surface area contributed by atoms with Gasteiger partial charge in [0.25, 0.3) is 0 Å². The number of aryl methyl sites for hydroxylation is 2. The molecule has 41 heavy (non-hydrogen) atoms. The van der Waals surface area contributed by atoms with E-state index in [0.29, 0.717) is 25.2 Å². The van der Waals surface area contributed by atoms with Gasteiger partial charge in [-0.15, -0.1) is 11.3 Å². The Bertz CT molecular complexity index is 960. The largest absolute Gasteiger partial charge is 0.362 e. The highest BCUT2D eigenvalue weighted by Crippen LogP contribution is 2.29. The molecule has 0 aliphatic heterocycles. The lowest BCUT2D eigenvalue weighted by atomic mass is 9.81. The number of fused-ring (bicyclic) bond motifs is 1. The van der Waals surface area contributed by atoms with Crippen LogP contribution < -0.4 is 21.7 Å². The number of nitrogens with zero attached hydrogens (tertiary/aromatic N) is 2. The second-order valence-electron chi connectivity index (χ2n) is 9.93. The molecule has 5 N–H and O–H groups in total. The van der Waals surface area contributed by atoms with Gasteiger partial charge in [0.1, 0.15) is 6.79 Å². The van der Waals surface area contributed by atoms with Crippen LogP contribution in [0, 0.1) is 5.92 Å². The number of hydrogen-bond donors (Lipinski definition) is 4. The van der Waals surface area contributed by atoms with Crippen molar-refractivity contribution < 1.29 is 14.4 Å². The second kappa shape index (κ2) is 26.3. The van der Waals surface area contributed by atoms with Gasteiger partial charge in [0.05, 0.1) is 15.2 Å². The molecule has 1 aliphatic carbocycles. The van der Waals surface area contributed by atoms with Crippen LogP contribution in [0.4, 0.5) is 0 Å². The number of likely N-dealkylation sites (N-methyl/N-ethyl adjacent to an activating group) is 1. The van der Waals surface area contributed by atoms with E-state index in [1.54, 1.807) is 18.4 Å². The molecule has 0 radical (unpaired) electrons. The lowest BCUT2D eigenvalue weighted by molar-refractivity contribution is -0.122. The monoisotopic (exact) mass is 592 g/mol. The summed E-state index contributed by atoms with van der Waals surface area (Å²) in [6.45, 7) is 9.32. The van der Waals surface area contributed by atoms with Crippen molar-refractivity contribution in [3.63, 3.8) is 0 Å². The van der Waals surface area contributed by atoms with Crippen LogP contribution in [0.25, 0.3) is 10.2 Å². The Hall–Kier alpha value is -2.66. The fraction of sp³-hybridized carbons (Fsp3) is 0.613. The summed E-state index contributed by atoms with van der Waals surface area (Å²) in [5.41, 5.74) is 8.09. The van der Waals surface area contributed by atoms with E-state index in [0.717, 1.165) is 29.9 Å². The number of nitrogens with one attached hydrogen (secondary N) is 3. The highest BCUT2D eigenvalue weighted by Gasteiger charge is 2.25. The summed E-state index contributed by atoms with van der Waals surface area (Å²) >= 11 is 1.72. The van der Waals surface area contributed by atoms with E-state index in [2.05, 4.69) is 72.4 Å². The first-order valence-electron chi connectivity index (χ1n) is 14.3. The minimum atomic E-state index is 0.150. The predicted octanol–water partition coefficient (Wildman–Crippen LogP) is 3.95. The Kier molecular flexibility index (Phi) is 25.9. The maximum atomic E-state index is 12.8. The molecule has 1 unspecified atom stereocenters. The van der Waals surface area contributed by atoms with E-state index < -0.39 is 0 Å². The number of carbonyl (C=O) groups is 3. The number of thiazole rings is 1. The Morgan fingerprint density at radius 2 is 1.76 bits per heavy atom. The molecule has 1 saturated carbocycles. The second-order valence-corrected chi connectivity index (χ2v) is 11.0. The van der Waals surface area contributed by atoms with Crippen LogP contribution in [0.1, 0.15) is 62.4 Å². The van der Waals surface area contributed by atoms with E-state index in [1.807, 2.05) is 20.9 Å². The van der Waals surface area contributed by atoms with Gasteiger partial charge in [-0.3, -0.25) is 9.59 Å².